The number of aliphatic imine (C=N–C) groups is 1. The lowest BCUT2D eigenvalue weighted by Gasteiger charge is -2.15. The fraction of sp³-hybridized carbons (Fsp3) is 0.533. The molecule has 90 valence electrons. The highest BCUT2D eigenvalue weighted by Gasteiger charge is 2.53. The molecule has 0 N–H and O–H groups in total. The van der Waals surface area contributed by atoms with Gasteiger partial charge in [0.2, 0.25) is 0 Å². The van der Waals surface area contributed by atoms with Gasteiger partial charge in [0.05, 0.1) is 0 Å². The van der Waals surface area contributed by atoms with E-state index >= 15 is 0 Å². The van der Waals surface area contributed by atoms with E-state index in [4.69, 9.17) is 0 Å². The van der Waals surface area contributed by atoms with Gasteiger partial charge >= 0.3 is 0 Å². The lowest BCUT2D eigenvalue weighted by Crippen LogP contribution is -2.20. The van der Waals surface area contributed by atoms with Crippen LogP contribution in [-0.4, -0.2) is 31.3 Å². The van der Waals surface area contributed by atoms with Crippen LogP contribution in [0.3, 0.4) is 0 Å². The van der Waals surface area contributed by atoms with Gasteiger partial charge in [0.25, 0.3) is 0 Å². The first-order valence-corrected chi connectivity index (χ1v) is 6.51. The van der Waals surface area contributed by atoms with Gasteiger partial charge in [0.15, 0.2) is 0 Å². The van der Waals surface area contributed by atoms with Crippen molar-refractivity contribution in [3.8, 4) is 0 Å². The molecule has 1 saturated heterocycles. The molecule has 1 saturated carbocycles. The number of hydrogen-bond donors (Lipinski definition) is 0. The van der Waals surface area contributed by atoms with Crippen LogP contribution in [0.15, 0.2) is 35.3 Å². The van der Waals surface area contributed by atoms with Crippen molar-refractivity contribution in [3.05, 3.63) is 35.9 Å². The Labute approximate surface area is 103 Å². The third-order valence-corrected chi connectivity index (χ3v) is 4.25. The molecule has 0 aromatic heterocycles. The van der Waals surface area contributed by atoms with Crippen molar-refractivity contribution in [3.63, 3.8) is 0 Å². The van der Waals surface area contributed by atoms with Crippen LogP contribution in [0.25, 0.3) is 0 Å². The van der Waals surface area contributed by atoms with E-state index in [9.17, 15) is 0 Å². The maximum atomic E-state index is 4.24. The number of likely N-dealkylation sites (tertiary alicyclic amines) is 1. The molecule has 1 aliphatic carbocycles. The van der Waals surface area contributed by atoms with Gasteiger partial charge in [0, 0.05) is 38.8 Å². The number of nitrogens with zero attached hydrogens (tertiary/aromatic N) is 2. The van der Waals surface area contributed by atoms with Gasteiger partial charge in [-0.25, -0.2) is 0 Å². The molecule has 0 amide bonds. The van der Waals surface area contributed by atoms with Gasteiger partial charge in [-0.05, 0) is 23.8 Å². The molecule has 2 aliphatic rings. The van der Waals surface area contributed by atoms with Crippen LogP contribution in [-0.2, 0) is 6.54 Å². The molecule has 1 heterocycles. The maximum Gasteiger partial charge on any atom is 0.0273 e. The zero-order chi connectivity index (χ0) is 11.7. The predicted octanol–water partition coefficient (Wildman–Crippen LogP) is 2.60. The molecule has 3 rings (SSSR count). The quantitative estimate of drug-likeness (QED) is 0.726. The maximum absolute atomic E-state index is 4.24. The number of hydrogen-bond acceptors (Lipinski definition) is 2. The molecule has 0 bridgehead atoms. The van der Waals surface area contributed by atoms with E-state index in [1.165, 1.54) is 31.5 Å². The molecule has 1 aromatic carbocycles. The van der Waals surface area contributed by atoms with Gasteiger partial charge < -0.3 is 4.99 Å². The second-order valence-electron chi connectivity index (χ2n) is 5.53. The zero-order valence-corrected chi connectivity index (χ0v) is 10.5. The Morgan fingerprint density at radius 1 is 1.35 bits per heavy atom. The van der Waals surface area contributed by atoms with Gasteiger partial charge in [-0.2, -0.15) is 0 Å². The Bertz CT molecular complexity index is 406. The van der Waals surface area contributed by atoms with E-state index in [0.29, 0.717) is 11.3 Å². The molecule has 2 heteroatoms. The normalized spacial score (nSPS) is 27.0. The van der Waals surface area contributed by atoms with Crippen LogP contribution in [0, 0.1) is 11.3 Å². The van der Waals surface area contributed by atoms with E-state index in [1.54, 1.807) is 0 Å². The first kappa shape index (κ1) is 11.0. The molecule has 1 spiro atoms. The smallest absolute Gasteiger partial charge is 0.0273 e. The summed E-state index contributed by atoms with van der Waals surface area (Å²) in [6.07, 6.45) is 4.97. The molecular weight excluding hydrogens is 208 g/mol. The van der Waals surface area contributed by atoms with Crippen molar-refractivity contribution < 1.29 is 0 Å². The SMILES string of the molecule is CN=CC1CN(Cc2ccccc2)CC12CC2. The van der Waals surface area contributed by atoms with Crippen LogP contribution in [0.4, 0.5) is 0 Å². The standard InChI is InChI=1S/C15H20N2/c1-16-9-14-11-17(12-15(14)7-8-15)10-13-5-3-2-4-6-13/h2-6,9,14H,7-8,10-12H2,1H3. The summed E-state index contributed by atoms with van der Waals surface area (Å²) < 4.78 is 0. The predicted molar refractivity (Wildman–Crippen MR) is 71.3 cm³/mol. The average Bonchev–Trinajstić information content (AvgIpc) is 3.02. The first-order valence-electron chi connectivity index (χ1n) is 6.51. The first-order chi connectivity index (χ1) is 8.32. The minimum absolute atomic E-state index is 0.592. The molecule has 1 unspecified atom stereocenters. The van der Waals surface area contributed by atoms with E-state index in [1.807, 2.05) is 7.05 Å². The van der Waals surface area contributed by atoms with Crippen molar-refractivity contribution in [1.29, 1.82) is 0 Å². The van der Waals surface area contributed by atoms with Gasteiger partial charge in [-0.15, -0.1) is 0 Å². The summed E-state index contributed by atoms with van der Waals surface area (Å²) in [4.78, 5) is 6.84. The van der Waals surface area contributed by atoms with Crippen molar-refractivity contribution in [1.82, 2.24) is 4.90 Å². The second-order valence-corrected chi connectivity index (χ2v) is 5.53. The summed E-state index contributed by atoms with van der Waals surface area (Å²) >= 11 is 0. The molecular formula is C15H20N2. The summed E-state index contributed by atoms with van der Waals surface area (Å²) in [6, 6.07) is 10.8. The third kappa shape index (κ3) is 2.14. The third-order valence-electron chi connectivity index (χ3n) is 4.25. The van der Waals surface area contributed by atoms with Crippen molar-refractivity contribution in [2.75, 3.05) is 20.1 Å². The Hall–Kier alpha value is -1.15. The van der Waals surface area contributed by atoms with Gasteiger partial charge in [-0.1, -0.05) is 30.3 Å². The highest BCUT2D eigenvalue weighted by molar-refractivity contribution is 5.64. The van der Waals surface area contributed by atoms with Gasteiger partial charge in [0.1, 0.15) is 0 Å². The van der Waals surface area contributed by atoms with Crippen LogP contribution >= 0.6 is 0 Å². The van der Waals surface area contributed by atoms with Crippen molar-refractivity contribution >= 4 is 6.21 Å². The fourth-order valence-corrected chi connectivity index (χ4v) is 3.14. The van der Waals surface area contributed by atoms with Crippen LogP contribution in [0.1, 0.15) is 18.4 Å². The minimum Gasteiger partial charge on any atom is -0.300 e. The summed E-state index contributed by atoms with van der Waals surface area (Å²) in [5, 5.41) is 0. The minimum atomic E-state index is 0.592. The Kier molecular flexibility index (Phi) is 2.75. The number of benzene rings is 1. The molecule has 1 aromatic rings. The lowest BCUT2D eigenvalue weighted by atomic mass is 9.94. The highest BCUT2D eigenvalue weighted by atomic mass is 15.2. The van der Waals surface area contributed by atoms with Crippen molar-refractivity contribution in [2.45, 2.75) is 19.4 Å². The van der Waals surface area contributed by atoms with E-state index < -0.39 is 0 Å². The monoisotopic (exact) mass is 228 g/mol. The topological polar surface area (TPSA) is 15.6 Å². The summed E-state index contributed by atoms with van der Waals surface area (Å²) in [5.74, 6) is 0.691. The molecule has 0 radical (unpaired) electrons. The van der Waals surface area contributed by atoms with Crippen molar-refractivity contribution in [2.24, 2.45) is 16.3 Å². The zero-order valence-electron chi connectivity index (χ0n) is 10.5. The van der Waals surface area contributed by atoms with E-state index in [-0.39, 0.29) is 0 Å². The molecule has 2 nitrogen and oxygen atoms in total. The second kappa shape index (κ2) is 4.26. The largest absolute Gasteiger partial charge is 0.300 e. The Morgan fingerprint density at radius 2 is 2.12 bits per heavy atom. The Balaban J connectivity index is 1.67. The van der Waals surface area contributed by atoms with Crippen LogP contribution < -0.4 is 0 Å². The Morgan fingerprint density at radius 3 is 2.76 bits per heavy atom. The summed E-state index contributed by atoms with van der Waals surface area (Å²) in [6.45, 7) is 3.54. The van der Waals surface area contributed by atoms with E-state index in [0.717, 1.165) is 6.54 Å². The van der Waals surface area contributed by atoms with Crippen LogP contribution in [0.2, 0.25) is 0 Å². The molecule has 17 heavy (non-hydrogen) atoms. The fourth-order valence-electron chi connectivity index (χ4n) is 3.14. The average molecular weight is 228 g/mol. The van der Waals surface area contributed by atoms with Crippen LogP contribution in [0.5, 0.6) is 0 Å². The molecule has 2 fully saturated rings. The number of rotatable bonds is 3. The summed E-state index contributed by atoms with van der Waals surface area (Å²) in [5.41, 5.74) is 2.02. The van der Waals surface area contributed by atoms with E-state index in [2.05, 4.69) is 46.4 Å². The lowest BCUT2D eigenvalue weighted by molar-refractivity contribution is 0.312. The highest BCUT2D eigenvalue weighted by Crippen LogP contribution is 2.55. The molecule has 1 aliphatic heterocycles. The summed E-state index contributed by atoms with van der Waals surface area (Å²) in [7, 11) is 1.90. The molecule has 1 atom stereocenters. The van der Waals surface area contributed by atoms with Gasteiger partial charge in [-0.3, -0.25) is 4.90 Å².